The molecule has 2 saturated heterocycles. The van der Waals surface area contributed by atoms with Gasteiger partial charge in [-0.3, -0.25) is 9.58 Å². The second-order valence-electron chi connectivity index (χ2n) is 8.10. The maximum absolute atomic E-state index is 9.16. The Bertz CT molecular complexity index is 779. The molecule has 0 bridgehead atoms. The Hall–Kier alpha value is -1.92. The predicted octanol–water partition coefficient (Wildman–Crippen LogP) is 2.52. The molecule has 1 N–H and O–H groups in total. The van der Waals surface area contributed by atoms with Gasteiger partial charge in [0.05, 0.1) is 18.8 Å². The van der Waals surface area contributed by atoms with Crippen molar-refractivity contribution in [2.75, 3.05) is 31.1 Å². The van der Waals surface area contributed by atoms with Crippen LogP contribution in [0.15, 0.2) is 24.4 Å². The summed E-state index contributed by atoms with van der Waals surface area (Å²) in [5.74, 6) is 1.12. The average Bonchev–Trinajstić information content (AvgIpc) is 3.20. The molecule has 27 heavy (non-hydrogen) atoms. The molecule has 4 rings (SSSR count). The highest BCUT2D eigenvalue weighted by molar-refractivity contribution is 5.40. The third-order valence-corrected chi connectivity index (χ3v) is 6.37. The predicted molar refractivity (Wildman–Crippen MR) is 107 cm³/mol. The van der Waals surface area contributed by atoms with Crippen LogP contribution in [0.4, 0.5) is 5.82 Å². The molecule has 0 unspecified atom stereocenters. The van der Waals surface area contributed by atoms with Gasteiger partial charge in [0.15, 0.2) is 0 Å². The number of anilines is 1. The Morgan fingerprint density at radius 1 is 1.11 bits per heavy atom. The number of aliphatic hydroxyl groups is 1. The van der Waals surface area contributed by atoms with E-state index in [1.54, 1.807) is 0 Å². The molecule has 0 saturated carbocycles. The first-order valence-corrected chi connectivity index (χ1v) is 10.2. The molecule has 4 heterocycles. The van der Waals surface area contributed by atoms with E-state index in [9.17, 15) is 0 Å². The highest BCUT2D eigenvalue weighted by Gasteiger charge is 2.43. The minimum absolute atomic E-state index is 0.136. The molecule has 2 aliphatic rings. The van der Waals surface area contributed by atoms with Crippen LogP contribution in [0.1, 0.15) is 42.6 Å². The van der Waals surface area contributed by atoms with E-state index in [1.165, 1.54) is 37.8 Å². The molecule has 0 amide bonds. The molecule has 6 heteroatoms. The van der Waals surface area contributed by atoms with E-state index in [4.69, 9.17) is 10.1 Å². The van der Waals surface area contributed by atoms with Gasteiger partial charge in [-0.15, -0.1) is 0 Å². The van der Waals surface area contributed by atoms with Gasteiger partial charge in [-0.25, -0.2) is 4.98 Å². The normalized spacial score (nSPS) is 19.9. The van der Waals surface area contributed by atoms with Crippen molar-refractivity contribution in [3.8, 4) is 0 Å². The molecule has 0 aliphatic carbocycles. The lowest BCUT2D eigenvalue weighted by Crippen LogP contribution is -2.52. The summed E-state index contributed by atoms with van der Waals surface area (Å²) in [5, 5.41) is 13.7. The number of aryl methyl sites for hydroxylation is 2. The molecule has 0 aromatic carbocycles. The molecule has 6 nitrogen and oxygen atoms in total. The van der Waals surface area contributed by atoms with Crippen LogP contribution in [0.25, 0.3) is 0 Å². The maximum atomic E-state index is 9.16. The number of rotatable bonds is 5. The fraction of sp³-hybridized carbons (Fsp3) is 0.619. The number of hydrogen-bond acceptors (Lipinski definition) is 5. The zero-order chi connectivity index (χ0) is 18.9. The van der Waals surface area contributed by atoms with Crippen LogP contribution >= 0.6 is 0 Å². The van der Waals surface area contributed by atoms with Crippen molar-refractivity contribution in [2.24, 2.45) is 0 Å². The van der Waals surface area contributed by atoms with Gasteiger partial charge in [0.1, 0.15) is 5.82 Å². The summed E-state index contributed by atoms with van der Waals surface area (Å²) in [6.45, 7) is 9.16. The van der Waals surface area contributed by atoms with Crippen molar-refractivity contribution in [1.82, 2.24) is 19.7 Å². The highest BCUT2D eigenvalue weighted by Crippen LogP contribution is 2.40. The van der Waals surface area contributed by atoms with Gasteiger partial charge in [-0.05, 0) is 58.2 Å². The van der Waals surface area contributed by atoms with Crippen LogP contribution in [0.2, 0.25) is 0 Å². The summed E-state index contributed by atoms with van der Waals surface area (Å²) in [6, 6.07) is 6.31. The highest BCUT2D eigenvalue weighted by atomic mass is 16.3. The second-order valence-corrected chi connectivity index (χ2v) is 8.10. The molecular formula is C21H31N5O. The summed E-state index contributed by atoms with van der Waals surface area (Å²) in [5.41, 5.74) is 3.80. The first-order chi connectivity index (χ1) is 13.1. The van der Waals surface area contributed by atoms with Crippen LogP contribution in [0.5, 0.6) is 0 Å². The Morgan fingerprint density at radius 2 is 1.93 bits per heavy atom. The van der Waals surface area contributed by atoms with Gasteiger partial charge >= 0.3 is 0 Å². The molecule has 2 aromatic heterocycles. The second kappa shape index (κ2) is 7.60. The van der Waals surface area contributed by atoms with Gasteiger partial charge < -0.3 is 10.0 Å². The molecular weight excluding hydrogens is 338 g/mol. The SMILES string of the molecule is Cc1cccc(N2CCC3(CCCN3Cc3cn(CCO)nc3C)CC2)n1. The average molecular weight is 370 g/mol. The summed E-state index contributed by atoms with van der Waals surface area (Å²) in [6.07, 6.45) is 7.10. The van der Waals surface area contributed by atoms with Gasteiger partial charge in [-0.2, -0.15) is 5.10 Å². The molecule has 146 valence electrons. The summed E-state index contributed by atoms with van der Waals surface area (Å²) >= 11 is 0. The number of aromatic nitrogens is 3. The third kappa shape index (κ3) is 3.73. The number of pyridine rings is 1. The maximum Gasteiger partial charge on any atom is 0.128 e. The first-order valence-electron chi connectivity index (χ1n) is 10.2. The number of hydrogen-bond donors (Lipinski definition) is 1. The Balaban J connectivity index is 1.44. The van der Waals surface area contributed by atoms with Crippen molar-refractivity contribution in [1.29, 1.82) is 0 Å². The zero-order valence-corrected chi connectivity index (χ0v) is 16.6. The van der Waals surface area contributed by atoms with E-state index < -0.39 is 0 Å². The van der Waals surface area contributed by atoms with Crippen molar-refractivity contribution in [3.05, 3.63) is 41.3 Å². The quantitative estimate of drug-likeness (QED) is 0.878. The van der Waals surface area contributed by atoms with Crippen LogP contribution in [0.3, 0.4) is 0 Å². The number of nitrogens with zero attached hydrogens (tertiary/aromatic N) is 5. The third-order valence-electron chi connectivity index (χ3n) is 6.37. The van der Waals surface area contributed by atoms with Crippen molar-refractivity contribution >= 4 is 5.82 Å². The van der Waals surface area contributed by atoms with E-state index in [-0.39, 0.29) is 6.61 Å². The fourth-order valence-corrected chi connectivity index (χ4v) is 4.80. The van der Waals surface area contributed by atoms with Gasteiger partial charge in [0, 0.05) is 42.6 Å². The number of piperidine rings is 1. The van der Waals surface area contributed by atoms with Gasteiger partial charge in [0.25, 0.3) is 0 Å². The molecule has 0 atom stereocenters. The van der Waals surface area contributed by atoms with Crippen LogP contribution < -0.4 is 4.90 Å². The fourth-order valence-electron chi connectivity index (χ4n) is 4.80. The Labute approximate surface area is 161 Å². The zero-order valence-electron chi connectivity index (χ0n) is 16.6. The van der Waals surface area contributed by atoms with E-state index in [2.05, 4.69) is 53.1 Å². The Morgan fingerprint density at radius 3 is 2.67 bits per heavy atom. The van der Waals surface area contributed by atoms with E-state index in [0.29, 0.717) is 12.1 Å². The van der Waals surface area contributed by atoms with E-state index in [0.717, 1.165) is 36.8 Å². The molecule has 2 aliphatic heterocycles. The van der Waals surface area contributed by atoms with Crippen LogP contribution in [-0.4, -0.2) is 56.6 Å². The lowest BCUT2D eigenvalue weighted by Gasteiger charge is -2.45. The van der Waals surface area contributed by atoms with Crippen molar-refractivity contribution < 1.29 is 5.11 Å². The summed E-state index contributed by atoms with van der Waals surface area (Å²) < 4.78 is 1.87. The largest absolute Gasteiger partial charge is 0.394 e. The minimum Gasteiger partial charge on any atom is -0.394 e. The van der Waals surface area contributed by atoms with Crippen LogP contribution in [0, 0.1) is 13.8 Å². The summed E-state index contributed by atoms with van der Waals surface area (Å²) in [7, 11) is 0. The van der Waals surface area contributed by atoms with Gasteiger partial charge in [-0.1, -0.05) is 6.07 Å². The van der Waals surface area contributed by atoms with E-state index >= 15 is 0 Å². The van der Waals surface area contributed by atoms with Crippen molar-refractivity contribution in [3.63, 3.8) is 0 Å². The monoisotopic (exact) mass is 369 g/mol. The van der Waals surface area contributed by atoms with Crippen molar-refractivity contribution in [2.45, 2.75) is 58.2 Å². The molecule has 2 fully saturated rings. The van der Waals surface area contributed by atoms with Crippen LogP contribution in [-0.2, 0) is 13.1 Å². The molecule has 2 aromatic rings. The smallest absolute Gasteiger partial charge is 0.128 e. The number of likely N-dealkylation sites (tertiary alicyclic amines) is 1. The molecule has 1 spiro atoms. The summed E-state index contributed by atoms with van der Waals surface area (Å²) in [4.78, 5) is 9.85. The number of aliphatic hydroxyl groups excluding tert-OH is 1. The first kappa shape index (κ1) is 18.4. The van der Waals surface area contributed by atoms with E-state index in [1.807, 2.05) is 4.68 Å². The molecule has 0 radical (unpaired) electrons. The standard InChI is InChI=1S/C21H31N5O/c1-17-5-3-6-20(22-17)24-11-8-21(9-12-24)7-4-10-25(21)15-19-16-26(13-14-27)23-18(19)2/h3,5-6,16,27H,4,7-15H2,1-2H3. The lowest BCUT2D eigenvalue weighted by atomic mass is 9.84. The minimum atomic E-state index is 0.136. The Kier molecular flexibility index (Phi) is 5.19. The topological polar surface area (TPSA) is 57.4 Å². The lowest BCUT2D eigenvalue weighted by molar-refractivity contribution is 0.0994. The van der Waals surface area contributed by atoms with Gasteiger partial charge in [0.2, 0.25) is 0 Å².